The van der Waals surface area contributed by atoms with E-state index in [1.54, 1.807) is 7.11 Å². The van der Waals surface area contributed by atoms with E-state index in [4.69, 9.17) is 4.74 Å². The van der Waals surface area contributed by atoms with Crippen molar-refractivity contribution in [3.05, 3.63) is 66.3 Å². The minimum absolute atomic E-state index is 0.150. The molecule has 1 heteroatoms. The summed E-state index contributed by atoms with van der Waals surface area (Å²) >= 11 is 0. The van der Waals surface area contributed by atoms with Crippen molar-refractivity contribution in [2.75, 3.05) is 7.11 Å². The summed E-state index contributed by atoms with van der Waals surface area (Å²) in [6.07, 6.45) is 0. The molecule has 2 aromatic rings. The molecule has 2 aromatic carbocycles. The number of ether oxygens (including phenoxy) is 1. The molecule has 78 valence electrons. The molecular weight excluding hydrogens is 196 g/mol. The van der Waals surface area contributed by atoms with Crippen molar-refractivity contribution in [1.29, 1.82) is 0 Å². The Bertz CT molecular complexity index is 471. The van der Waals surface area contributed by atoms with E-state index in [0.29, 0.717) is 0 Å². The molecule has 0 atom stereocenters. The van der Waals surface area contributed by atoms with Gasteiger partial charge < -0.3 is 4.74 Å². The Hall–Kier alpha value is -1.60. The standard InChI is InChI=1S/C15H12O/c1-16-10-15-13-8-4-2-6-11(13)12-7-3-5-9-14(12)15/h2-9,15H,1H3. The molecule has 0 bridgehead atoms. The second-order valence-electron chi connectivity index (χ2n) is 3.93. The lowest BCUT2D eigenvalue weighted by atomic mass is 9.98. The molecule has 0 amide bonds. The second kappa shape index (κ2) is 3.76. The van der Waals surface area contributed by atoms with Crippen LogP contribution >= 0.6 is 0 Å². The smallest absolute Gasteiger partial charge is 0.144 e. The molecule has 0 heterocycles. The Morgan fingerprint density at radius 1 is 0.875 bits per heavy atom. The molecule has 0 N–H and O–H groups in total. The number of benzene rings is 2. The zero-order chi connectivity index (χ0) is 11.0. The number of rotatable bonds is 2. The third-order valence-corrected chi connectivity index (χ3v) is 3.07. The molecule has 0 spiro atoms. The fraction of sp³-hybridized carbons (Fsp3) is 0.133. The van der Waals surface area contributed by atoms with Crippen molar-refractivity contribution >= 4 is 0 Å². The van der Waals surface area contributed by atoms with E-state index in [-0.39, 0.29) is 5.92 Å². The summed E-state index contributed by atoms with van der Waals surface area (Å²) in [4.78, 5) is 0. The van der Waals surface area contributed by atoms with Crippen LogP contribution in [0.2, 0.25) is 0 Å². The van der Waals surface area contributed by atoms with Crippen LogP contribution in [0.5, 0.6) is 0 Å². The van der Waals surface area contributed by atoms with Crippen molar-refractivity contribution in [2.45, 2.75) is 5.92 Å². The van der Waals surface area contributed by atoms with Crippen molar-refractivity contribution in [3.63, 3.8) is 0 Å². The largest absolute Gasteiger partial charge is 0.371 e. The first-order valence-electron chi connectivity index (χ1n) is 5.38. The van der Waals surface area contributed by atoms with Crippen LogP contribution in [-0.4, -0.2) is 7.11 Å². The number of hydrogen-bond acceptors (Lipinski definition) is 1. The molecule has 3 rings (SSSR count). The zero-order valence-electron chi connectivity index (χ0n) is 9.10. The lowest BCUT2D eigenvalue weighted by Gasteiger charge is -2.09. The van der Waals surface area contributed by atoms with Gasteiger partial charge in [0.2, 0.25) is 0 Å². The van der Waals surface area contributed by atoms with Crippen LogP contribution in [0.1, 0.15) is 17.0 Å². The highest BCUT2D eigenvalue weighted by Crippen LogP contribution is 2.45. The van der Waals surface area contributed by atoms with Gasteiger partial charge in [-0.15, -0.1) is 0 Å². The third kappa shape index (κ3) is 1.29. The lowest BCUT2D eigenvalue weighted by Crippen LogP contribution is -1.98. The Balaban J connectivity index is 2.21. The number of hydrogen-bond donors (Lipinski definition) is 0. The summed E-state index contributed by atoms with van der Waals surface area (Å²) in [6, 6.07) is 16.9. The van der Waals surface area contributed by atoms with Gasteiger partial charge in [0, 0.05) is 13.0 Å². The van der Waals surface area contributed by atoms with E-state index in [0.717, 1.165) is 0 Å². The monoisotopic (exact) mass is 208 g/mol. The highest BCUT2D eigenvalue weighted by atomic mass is 16.5. The average Bonchev–Trinajstić information content (AvgIpc) is 2.66. The normalized spacial score (nSPS) is 13.6. The summed E-state index contributed by atoms with van der Waals surface area (Å²) in [6.45, 7) is 3.06. The van der Waals surface area contributed by atoms with Gasteiger partial charge in [0.1, 0.15) is 6.61 Å². The van der Waals surface area contributed by atoms with Crippen molar-refractivity contribution in [2.24, 2.45) is 0 Å². The SMILES string of the molecule is CO[C]C1c2ccccc2-c2ccccc21. The Morgan fingerprint density at radius 2 is 1.38 bits per heavy atom. The molecule has 0 aliphatic heterocycles. The Kier molecular flexibility index (Phi) is 2.26. The number of fused-ring (bicyclic) bond motifs is 3. The summed E-state index contributed by atoms with van der Waals surface area (Å²) in [5.41, 5.74) is 5.16. The summed E-state index contributed by atoms with van der Waals surface area (Å²) in [7, 11) is 1.66. The van der Waals surface area contributed by atoms with Crippen molar-refractivity contribution in [3.8, 4) is 11.1 Å². The van der Waals surface area contributed by atoms with E-state index < -0.39 is 0 Å². The van der Waals surface area contributed by atoms with Crippen LogP contribution in [0.15, 0.2) is 48.5 Å². The van der Waals surface area contributed by atoms with Gasteiger partial charge in [0.25, 0.3) is 0 Å². The van der Waals surface area contributed by atoms with Gasteiger partial charge in [0.15, 0.2) is 0 Å². The maximum atomic E-state index is 5.09. The Morgan fingerprint density at radius 3 is 1.88 bits per heavy atom. The first-order valence-corrected chi connectivity index (χ1v) is 5.38. The molecule has 0 aromatic heterocycles. The van der Waals surface area contributed by atoms with Gasteiger partial charge in [-0.1, -0.05) is 48.5 Å². The predicted molar refractivity (Wildman–Crippen MR) is 64.0 cm³/mol. The van der Waals surface area contributed by atoms with Crippen molar-refractivity contribution in [1.82, 2.24) is 0 Å². The van der Waals surface area contributed by atoms with Gasteiger partial charge in [-0.05, 0) is 22.3 Å². The number of methoxy groups -OCH3 is 1. The van der Waals surface area contributed by atoms with E-state index in [1.807, 2.05) is 0 Å². The van der Waals surface area contributed by atoms with Crippen LogP contribution in [0.4, 0.5) is 0 Å². The van der Waals surface area contributed by atoms with Gasteiger partial charge in [-0.3, -0.25) is 0 Å². The summed E-state index contributed by atoms with van der Waals surface area (Å²) in [5, 5.41) is 0. The van der Waals surface area contributed by atoms with E-state index in [2.05, 4.69) is 55.1 Å². The minimum Gasteiger partial charge on any atom is -0.371 e. The van der Waals surface area contributed by atoms with Crippen LogP contribution in [0, 0.1) is 6.61 Å². The first-order chi connectivity index (χ1) is 7.92. The van der Waals surface area contributed by atoms with Crippen LogP contribution in [0.25, 0.3) is 11.1 Å². The molecule has 16 heavy (non-hydrogen) atoms. The van der Waals surface area contributed by atoms with E-state index in [9.17, 15) is 0 Å². The fourth-order valence-electron chi connectivity index (χ4n) is 2.40. The first kappa shape index (κ1) is 9.61. The highest BCUT2D eigenvalue weighted by Gasteiger charge is 2.28. The van der Waals surface area contributed by atoms with Crippen molar-refractivity contribution < 1.29 is 4.74 Å². The third-order valence-electron chi connectivity index (χ3n) is 3.07. The maximum Gasteiger partial charge on any atom is 0.144 e. The molecule has 0 fully saturated rings. The highest BCUT2D eigenvalue weighted by molar-refractivity contribution is 5.79. The van der Waals surface area contributed by atoms with Gasteiger partial charge >= 0.3 is 0 Å². The molecule has 0 saturated carbocycles. The van der Waals surface area contributed by atoms with E-state index in [1.165, 1.54) is 22.3 Å². The second-order valence-corrected chi connectivity index (χ2v) is 3.93. The van der Waals surface area contributed by atoms with Gasteiger partial charge in [-0.2, -0.15) is 0 Å². The molecule has 2 radical (unpaired) electrons. The van der Waals surface area contributed by atoms with Crippen LogP contribution in [-0.2, 0) is 4.74 Å². The maximum absolute atomic E-state index is 5.09. The minimum atomic E-state index is 0.150. The molecule has 0 saturated heterocycles. The average molecular weight is 208 g/mol. The van der Waals surface area contributed by atoms with Gasteiger partial charge in [-0.25, -0.2) is 0 Å². The quantitative estimate of drug-likeness (QED) is 0.734. The van der Waals surface area contributed by atoms with Crippen LogP contribution < -0.4 is 0 Å². The Labute approximate surface area is 95.7 Å². The fourth-order valence-corrected chi connectivity index (χ4v) is 2.40. The van der Waals surface area contributed by atoms with Crippen LogP contribution in [0.3, 0.4) is 0 Å². The van der Waals surface area contributed by atoms with Gasteiger partial charge in [0.05, 0.1) is 0 Å². The topological polar surface area (TPSA) is 9.23 Å². The summed E-state index contributed by atoms with van der Waals surface area (Å²) < 4.78 is 5.09. The molecule has 1 nitrogen and oxygen atoms in total. The predicted octanol–water partition coefficient (Wildman–Crippen LogP) is 3.48. The lowest BCUT2D eigenvalue weighted by molar-refractivity contribution is 0.261. The molecule has 1 aliphatic carbocycles. The summed E-state index contributed by atoms with van der Waals surface area (Å²) in [5.74, 6) is 0.150. The molecular formula is C15H12O. The van der Waals surface area contributed by atoms with E-state index >= 15 is 0 Å². The molecule has 0 unspecified atom stereocenters. The zero-order valence-corrected chi connectivity index (χ0v) is 9.10. The molecule has 1 aliphatic rings.